The van der Waals surface area contributed by atoms with Gasteiger partial charge in [-0.3, -0.25) is 14.9 Å². The highest BCUT2D eigenvalue weighted by atomic mass is 16.6. The van der Waals surface area contributed by atoms with Gasteiger partial charge in [-0.1, -0.05) is 30.3 Å². The summed E-state index contributed by atoms with van der Waals surface area (Å²) < 4.78 is 10.5. The first kappa shape index (κ1) is 20.6. The molecule has 0 heterocycles. The van der Waals surface area contributed by atoms with E-state index in [1.54, 1.807) is 24.3 Å². The minimum Gasteiger partial charge on any atom is -0.493 e. The van der Waals surface area contributed by atoms with Gasteiger partial charge in [-0.25, -0.2) is 4.79 Å². The number of nitro groups is 1. The van der Waals surface area contributed by atoms with E-state index in [-0.39, 0.29) is 11.4 Å². The van der Waals surface area contributed by atoms with Crippen LogP contribution >= 0.6 is 0 Å². The fourth-order valence-electron chi connectivity index (χ4n) is 2.30. The van der Waals surface area contributed by atoms with E-state index < -0.39 is 22.9 Å². The topological polar surface area (TPSA) is 108 Å². The summed E-state index contributed by atoms with van der Waals surface area (Å²) in [6.07, 6.45) is 1.58. The molecule has 2 rings (SSSR count). The normalized spacial score (nSPS) is 11.6. The molecule has 2 aromatic rings. The summed E-state index contributed by atoms with van der Waals surface area (Å²) >= 11 is 0. The molecule has 2 aromatic carbocycles. The zero-order chi connectivity index (χ0) is 20.5. The Balaban J connectivity index is 1.99. The lowest BCUT2D eigenvalue weighted by atomic mass is 10.2. The number of nitro benzene ring substituents is 1. The molecule has 1 N–H and O–H groups in total. The Bertz CT molecular complexity index is 894. The van der Waals surface area contributed by atoms with Gasteiger partial charge in [0.05, 0.1) is 11.5 Å². The second-order valence-electron chi connectivity index (χ2n) is 5.65. The van der Waals surface area contributed by atoms with Crippen LogP contribution in [0.25, 0.3) is 6.08 Å². The first-order valence-electron chi connectivity index (χ1n) is 8.57. The number of nitrogens with one attached hydrogen (secondary N) is 1. The van der Waals surface area contributed by atoms with Gasteiger partial charge in [0.1, 0.15) is 11.4 Å². The summed E-state index contributed by atoms with van der Waals surface area (Å²) in [5, 5.41) is 13.4. The molecular weight excluding hydrogens is 364 g/mol. The van der Waals surface area contributed by atoms with Crippen molar-refractivity contribution in [2.45, 2.75) is 20.0 Å². The van der Waals surface area contributed by atoms with Crippen LogP contribution in [0.5, 0.6) is 5.75 Å². The molecule has 0 bridgehead atoms. The van der Waals surface area contributed by atoms with Gasteiger partial charge in [0, 0.05) is 17.7 Å². The molecule has 0 saturated heterocycles. The lowest BCUT2D eigenvalue weighted by molar-refractivity contribution is -0.383. The number of esters is 1. The number of amides is 1. The molecule has 146 valence electrons. The van der Waals surface area contributed by atoms with Crippen molar-refractivity contribution < 1.29 is 24.0 Å². The van der Waals surface area contributed by atoms with Gasteiger partial charge in [-0.15, -0.1) is 0 Å². The minimum atomic E-state index is -1.14. The third-order valence-electron chi connectivity index (χ3n) is 3.64. The standard InChI is InChI=1S/C20H20N2O6/c1-3-27-18-11-7-4-8-15(18)12-13-19(23)28-14(2)20(24)21-16-9-5-6-10-17(16)22(25)26/h4-14H,3H2,1-2H3,(H,21,24)/b13-12+. The van der Waals surface area contributed by atoms with E-state index >= 15 is 0 Å². The molecule has 8 nitrogen and oxygen atoms in total. The number of ether oxygens (including phenoxy) is 2. The molecule has 0 aromatic heterocycles. The minimum absolute atomic E-state index is 0.0292. The number of rotatable bonds is 8. The van der Waals surface area contributed by atoms with E-state index in [4.69, 9.17) is 9.47 Å². The summed E-state index contributed by atoms with van der Waals surface area (Å²) in [6.45, 7) is 3.72. The zero-order valence-electron chi connectivity index (χ0n) is 15.5. The summed E-state index contributed by atoms with van der Waals surface area (Å²) in [4.78, 5) is 34.6. The monoisotopic (exact) mass is 384 g/mol. The van der Waals surface area contributed by atoms with Crippen molar-refractivity contribution in [1.82, 2.24) is 0 Å². The number of hydrogen-bond acceptors (Lipinski definition) is 6. The predicted octanol–water partition coefficient (Wildman–Crippen LogP) is 3.58. The third kappa shape index (κ3) is 5.66. The summed E-state index contributed by atoms with van der Waals surface area (Å²) in [6, 6.07) is 12.9. The first-order valence-corrected chi connectivity index (χ1v) is 8.57. The summed E-state index contributed by atoms with van der Waals surface area (Å²) in [7, 11) is 0. The number of nitrogens with zero attached hydrogens (tertiary/aromatic N) is 1. The van der Waals surface area contributed by atoms with E-state index in [1.807, 2.05) is 13.0 Å². The van der Waals surface area contributed by atoms with Crippen LogP contribution < -0.4 is 10.1 Å². The molecule has 0 aliphatic rings. The van der Waals surface area contributed by atoms with E-state index in [2.05, 4.69) is 5.32 Å². The molecule has 0 spiro atoms. The van der Waals surface area contributed by atoms with Crippen LogP contribution in [0.4, 0.5) is 11.4 Å². The van der Waals surface area contributed by atoms with E-state index in [9.17, 15) is 19.7 Å². The molecule has 0 saturated carbocycles. The summed E-state index contributed by atoms with van der Waals surface area (Å²) in [5.41, 5.74) is 0.474. The quantitative estimate of drug-likeness (QED) is 0.323. The maximum absolute atomic E-state index is 12.2. The molecule has 0 aliphatic carbocycles. The molecule has 0 fully saturated rings. The van der Waals surface area contributed by atoms with Gasteiger partial charge in [0.15, 0.2) is 6.10 Å². The smallest absolute Gasteiger partial charge is 0.331 e. The Morgan fingerprint density at radius 3 is 2.57 bits per heavy atom. The molecule has 28 heavy (non-hydrogen) atoms. The Hall–Kier alpha value is -3.68. The van der Waals surface area contributed by atoms with Crippen LogP contribution in [0.15, 0.2) is 54.6 Å². The van der Waals surface area contributed by atoms with Gasteiger partial charge in [0.25, 0.3) is 11.6 Å². The van der Waals surface area contributed by atoms with Crippen LogP contribution in [-0.4, -0.2) is 29.5 Å². The highest BCUT2D eigenvalue weighted by Crippen LogP contribution is 2.23. The van der Waals surface area contributed by atoms with Crippen molar-refractivity contribution in [3.05, 3.63) is 70.3 Å². The van der Waals surface area contributed by atoms with Gasteiger partial charge in [0.2, 0.25) is 0 Å². The lowest BCUT2D eigenvalue weighted by Gasteiger charge is -2.12. The average molecular weight is 384 g/mol. The maximum Gasteiger partial charge on any atom is 0.331 e. The number of carbonyl (C=O) groups excluding carboxylic acids is 2. The Labute approximate surface area is 161 Å². The number of hydrogen-bond donors (Lipinski definition) is 1. The molecule has 1 atom stereocenters. The number of anilines is 1. The first-order chi connectivity index (χ1) is 13.4. The van der Waals surface area contributed by atoms with Crippen LogP contribution in [0, 0.1) is 10.1 Å². The second kappa shape index (κ2) is 9.86. The summed E-state index contributed by atoms with van der Waals surface area (Å²) in [5.74, 6) is -0.779. The van der Waals surface area contributed by atoms with Crippen molar-refractivity contribution >= 4 is 29.3 Å². The number of para-hydroxylation sites is 3. The maximum atomic E-state index is 12.2. The molecule has 1 unspecified atom stereocenters. The van der Waals surface area contributed by atoms with Crippen LogP contribution in [-0.2, 0) is 14.3 Å². The fourth-order valence-corrected chi connectivity index (χ4v) is 2.30. The van der Waals surface area contributed by atoms with Crippen molar-refractivity contribution in [2.75, 3.05) is 11.9 Å². The van der Waals surface area contributed by atoms with Gasteiger partial charge < -0.3 is 14.8 Å². The van der Waals surface area contributed by atoms with Gasteiger partial charge in [-0.2, -0.15) is 0 Å². The Morgan fingerprint density at radius 1 is 1.18 bits per heavy atom. The van der Waals surface area contributed by atoms with Crippen LogP contribution in [0.3, 0.4) is 0 Å². The van der Waals surface area contributed by atoms with Gasteiger partial charge >= 0.3 is 5.97 Å². The molecular formula is C20H20N2O6. The largest absolute Gasteiger partial charge is 0.493 e. The van der Waals surface area contributed by atoms with Crippen molar-refractivity contribution in [3.63, 3.8) is 0 Å². The highest BCUT2D eigenvalue weighted by molar-refractivity contribution is 5.98. The third-order valence-corrected chi connectivity index (χ3v) is 3.64. The van der Waals surface area contributed by atoms with Crippen LogP contribution in [0.1, 0.15) is 19.4 Å². The van der Waals surface area contributed by atoms with Crippen molar-refractivity contribution in [2.24, 2.45) is 0 Å². The molecule has 8 heteroatoms. The van der Waals surface area contributed by atoms with E-state index in [1.165, 1.54) is 37.3 Å². The lowest BCUT2D eigenvalue weighted by Crippen LogP contribution is -2.29. The fraction of sp³-hybridized carbons (Fsp3) is 0.200. The van der Waals surface area contributed by atoms with Crippen molar-refractivity contribution in [1.29, 1.82) is 0 Å². The predicted molar refractivity (Wildman–Crippen MR) is 104 cm³/mol. The van der Waals surface area contributed by atoms with Crippen LogP contribution in [0.2, 0.25) is 0 Å². The number of benzene rings is 2. The van der Waals surface area contributed by atoms with E-state index in [0.29, 0.717) is 17.9 Å². The Morgan fingerprint density at radius 2 is 1.86 bits per heavy atom. The van der Waals surface area contributed by atoms with Crippen molar-refractivity contribution in [3.8, 4) is 5.75 Å². The average Bonchev–Trinajstić information content (AvgIpc) is 2.67. The molecule has 0 aliphatic heterocycles. The molecule has 0 radical (unpaired) electrons. The highest BCUT2D eigenvalue weighted by Gasteiger charge is 2.20. The molecule has 1 amide bonds. The second-order valence-corrected chi connectivity index (χ2v) is 5.65. The van der Waals surface area contributed by atoms with Gasteiger partial charge in [-0.05, 0) is 32.1 Å². The van der Waals surface area contributed by atoms with E-state index in [0.717, 1.165) is 0 Å². The Kier molecular flexibility index (Phi) is 7.27. The zero-order valence-corrected chi connectivity index (χ0v) is 15.5. The SMILES string of the molecule is CCOc1ccccc1/C=C/C(=O)OC(C)C(=O)Nc1ccccc1[N+](=O)[O-]. The number of carbonyl (C=O) groups is 2.